The molecule has 1 aromatic rings. The van der Waals surface area contributed by atoms with Crippen LogP contribution in [-0.2, 0) is 16.0 Å². The lowest BCUT2D eigenvalue weighted by Gasteiger charge is -2.25. The molecule has 0 amide bonds. The van der Waals surface area contributed by atoms with Gasteiger partial charge in [-0.05, 0) is 33.6 Å². The summed E-state index contributed by atoms with van der Waals surface area (Å²) in [6.45, 7) is 5.65. The van der Waals surface area contributed by atoms with Crippen molar-refractivity contribution in [3.63, 3.8) is 0 Å². The Morgan fingerprint density at radius 1 is 1.59 bits per heavy atom. The molecule has 1 aliphatic heterocycles. The van der Waals surface area contributed by atoms with E-state index in [1.54, 1.807) is 6.20 Å². The highest BCUT2D eigenvalue weighted by Gasteiger charge is 2.24. The van der Waals surface area contributed by atoms with E-state index < -0.39 is 5.60 Å². The topological polar surface area (TPSA) is 67.0 Å². The van der Waals surface area contributed by atoms with Crippen molar-refractivity contribution in [2.45, 2.75) is 51.7 Å². The van der Waals surface area contributed by atoms with Crippen LogP contribution < -0.4 is 5.32 Å². The predicted octanol–water partition coefficient (Wildman–Crippen LogP) is 1.87. The van der Waals surface area contributed by atoms with E-state index in [0.29, 0.717) is 6.42 Å². The number of esters is 1. The summed E-state index contributed by atoms with van der Waals surface area (Å²) in [6, 6.07) is 0.148. The van der Waals surface area contributed by atoms with Crippen LogP contribution in [-0.4, -0.2) is 27.8 Å². The Morgan fingerprint density at radius 2 is 2.35 bits per heavy atom. The van der Waals surface area contributed by atoms with Crippen LogP contribution in [0.1, 0.15) is 39.3 Å². The maximum atomic E-state index is 11.7. The Balaban J connectivity index is 1.88. The molecule has 94 valence electrons. The van der Waals surface area contributed by atoms with E-state index in [9.17, 15) is 4.79 Å². The van der Waals surface area contributed by atoms with Crippen LogP contribution in [0.5, 0.6) is 0 Å². The maximum Gasteiger partial charge on any atom is 0.308 e. The fourth-order valence-electron chi connectivity index (χ4n) is 1.98. The van der Waals surface area contributed by atoms with Gasteiger partial charge in [-0.1, -0.05) is 0 Å². The zero-order valence-electron chi connectivity index (χ0n) is 10.5. The van der Waals surface area contributed by atoms with E-state index >= 15 is 0 Å². The predicted molar refractivity (Wildman–Crippen MR) is 64.8 cm³/mol. The smallest absolute Gasteiger partial charge is 0.308 e. The first-order valence-corrected chi connectivity index (χ1v) is 5.95. The Hall–Kier alpha value is -1.52. The minimum absolute atomic E-state index is 0.148. The molecule has 2 heterocycles. The SMILES string of the molecule is CC(C)(C)OC(=O)CC1CCc2[nH]ncc2N1. The Labute approximate surface area is 101 Å². The Kier molecular flexibility index (Phi) is 3.09. The number of H-pyrrole nitrogens is 1. The zero-order valence-corrected chi connectivity index (χ0v) is 10.5. The summed E-state index contributed by atoms with van der Waals surface area (Å²) in [5.41, 5.74) is 1.71. The van der Waals surface area contributed by atoms with Gasteiger partial charge in [0, 0.05) is 6.04 Å². The van der Waals surface area contributed by atoms with Crippen LogP contribution in [0.15, 0.2) is 6.20 Å². The van der Waals surface area contributed by atoms with Crippen LogP contribution in [0.25, 0.3) is 0 Å². The van der Waals surface area contributed by atoms with Crippen molar-refractivity contribution in [3.05, 3.63) is 11.9 Å². The van der Waals surface area contributed by atoms with Gasteiger partial charge in [0.25, 0.3) is 0 Å². The molecule has 2 rings (SSSR count). The van der Waals surface area contributed by atoms with Crippen molar-refractivity contribution >= 4 is 11.7 Å². The molecule has 0 radical (unpaired) electrons. The van der Waals surface area contributed by atoms with Crippen molar-refractivity contribution in [1.29, 1.82) is 0 Å². The number of aromatic nitrogens is 2. The van der Waals surface area contributed by atoms with Crippen LogP contribution in [0.4, 0.5) is 5.69 Å². The fraction of sp³-hybridized carbons (Fsp3) is 0.667. The minimum Gasteiger partial charge on any atom is -0.460 e. The third kappa shape index (κ3) is 3.22. The van der Waals surface area contributed by atoms with Gasteiger partial charge in [-0.3, -0.25) is 9.89 Å². The summed E-state index contributed by atoms with van der Waals surface area (Å²) in [4.78, 5) is 11.7. The molecule has 0 saturated carbocycles. The molecule has 0 aromatic carbocycles. The highest BCUT2D eigenvalue weighted by molar-refractivity contribution is 5.71. The molecule has 5 nitrogen and oxygen atoms in total. The van der Waals surface area contributed by atoms with Crippen molar-refractivity contribution < 1.29 is 9.53 Å². The molecule has 0 aliphatic carbocycles. The number of aryl methyl sites for hydroxylation is 1. The molecule has 2 N–H and O–H groups in total. The maximum absolute atomic E-state index is 11.7. The average molecular weight is 237 g/mol. The van der Waals surface area contributed by atoms with Crippen LogP contribution >= 0.6 is 0 Å². The molecule has 5 heteroatoms. The number of aromatic amines is 1. The van der Waals surface area contributed by atoms with Gasteiger partial charge in [-0.2, -0.15) is 5.10 Å². The van der Waals surface area contributed by atoms with Gasteiger partial charge in [0.05, 0.1) is 24.0 Å². The van der Waals surface area contributed by atoms with Crippen LogP contribution in [0, 0.1) is 0 Å². The van der Waals surface area contributed by atoms with E-state index in [1.807, 2.05) is 20.8 Å². The third-order valence-corrected chi connectivity index (χ3v) is 2.65. The first-order chi connectivity index (χ1) is 7.94. The van der Waals surface area contributed by atoms with Crippen molar-refractivity contribution in [3.8, 4) is 0 Å². The van der Waals surface area contributed by atoms with Gasteiger partial charge in [-0.15, -0.1) is 0 Å². The van der Waals surface area contributed by atoms with Gasteiger partial charge < -0.3 is 10.1 Å². The summed E-state index contributed by atoms with van der Waals surface area (Å²) in [6.07, 6.45) is 4.02. The van der Waals surface area contributed by atoms with Gasteiger partial charge in [0.15, 0.2) is 0 Å². The molecule has 1 atom stereocenters. The lowest BCUT2D eigenvalue weighted by molar-refractivity contribution is -0.155. The normalized spacial score (nSPS) is 19.4. The van der Waals surface area contributed by atoms with Gasteiger partial charge in [0.1, 0.15) is 5.60 Å². The van der Waals surface area contributed by atoms with E-state index in [2.05, 4.69) is 15.5 Å². The molecule has 0 spiro atoms. The number of nitrogens with one attached hydrogen (secondary N) is 2. The van der Waals surface area contributed by atoms with Gasteiger partial charge in [0.2, 0.25) is 0 Å². The average Bonchev–Trinajstić information content (AvgIpc) is 2.61. The lowest BCUT2D eigenvalue weighted by atomic mass is 10.0. The summed E-state index contributed by atoms with van der Waals surface area (Å²) in [5.74, 6) is -0.151. The van der Waals surface area contributed by atoms with Gasteiger partial charge in [-0.25, -0.2) is 0 Å². The molecule has 1 aromatic heterocycles. The van der Waals surface area contributed by atoms with Crippen molar-refractivity contribution in [2.75, 3.05) is 5.32 Å². The van der Waals surface area contributed by atoms with Crippen molar-refractivity contribution in [1.82, 2.24) is 10.2 Å². The highest BCUT2D eigenvalue weighted by Crippen LogP contribution is 2.24. The number of carbonyl (C=O) groups excluding carboxylic acids is 1. The monoisotopic (exact) mass is 237 g/mol. The van der Waals surface area contributed by atoms with E-state index in [1.165, 1.54) is 0 Å². The van der Waals surface area contributed by atoms with E-state index in [4.69, 9.17) is 4.74 Å². The Bertz CT molecular complexity index is 406. The number of fused-ring (bicyclic) bond motifs is 1. The summed E-state index contributed by atoms with van der Waals surface area (Å²) in [5, 5.41) is 10.2. The van der Waals surface area contributed by atoms with E-state index in [0.717, 1.165) is 24.2 Å². The first-order valence-electron chi connectivity index (χ1n) is 5.95. The second-order valence-corrected chi connectivity index (χ2v) is 5.43. The third-order valence-electron chi connectivity index (χ3n) is 2.65. The molecule has 17 heavy (non-hydrogen) atoms. The zero-order chi connectivity index (χ0) is 12.5. The van der Waals surface area contributed by atoms with E-state index in [-0.39, 0.29) is 12.0 Å². The fourth-order valence-corrected chi connectivity index (χ4v) is 1.98. The number of hydrogen-bond acceptors (Lipinski definition) is 4. The molecule has 0 bridgehead atoms. The number of anilines is 1. The quantitative estimate of drug-likeness (QED) is 0.770. The number of ether oxygens (including phenoxy) is 1. The standard InChI is InChI=1S/C12H19N3O2/c1-12(2,3)17-11(16)6-8-4-5-9-10(14-8)7-13-15-9/h7-8,14H,4-6H2,1-3H3,(H,13,15). The second kappa shape index (κ2) is 4.39. The summed E-state index contributed by atoms with van der Waals surface area (Å²) < 4.78 is 5.31. The largest absolute Gasteiger partial charge is 0.460 e. The Morgan fingerprint density at radius 3 is 3.06 bits per heavy atom. The van der Waals surface area contributed by atoms with Crippen LogP contribution in [0.2, 0.25) is 0 Å². The van der Waals surface area contributed by atoms with Crippen LogP contribution in [0.3, 0.4) is 0 Å². The molecule has 1 aliphatic rings. The highest BCUT2D eigenvalue weighted by atomic mass is 16.6. The summed E-state index contributed by atoms with van der Waals surface area (Å²) in [7, 11) is 0. The number of carbonyl (C=O) groups is 1. The molecule has 0 saturated heterocycles. The molecular weight excluding hydrogens is 218 g/mol. The molecule has 0 fully saturated rings. The first kappa shape index (κ1) is 12.0. The van der Waals surface area contributed by atoms with Crippen molar-refractivity contribution in [2.24, 2.45) is 0 Å². The van der Waals surface area contributed by atoms with Gasteiger partial charge >= 0.3 is 5.97 Å². The molecule has 1 unspecified atom stereocenters. The summed E-state index contributed by atoms with van der Waals surface area (Å²) >= 11 is 0. The lowest BCUT2D eigenvalue weighted by Crippen LogP contribution is -2.31. The minimum atomic E-state index is -0.410. The number of hydrogen-bond donors (Lipinski definition) is 2. The number of rotatable bonds is 2. The second-order valence-electron chi connectivity index (χ2n) is 5.43. The molecular formula is C12H19N3O2. The number of nitrogens with zero attached hydrogens (tertiary/aromatic N) is 1.